The monoisotopic (exact) mass is 149 g/mol. The maximum Gasteiger partial charge on any atom is 0.0662 e. The zero-order chi connectivity index (χ0) is 3.41. The van der Waals surface area contributed by atoms with Crippen LogP contribution in [0.4, 0.5) is 0 Å². The van der Waals surface area contributed by atoms with Crippen LogP contribution in [0, 0.1) is 0 Å². The molecule has 0 aromatic rings. The second-order valence-corrected chi connectivity index (χ2v) is 0.447. The Morgan fingerprint density at radius 3 is 1.17 bits per heavy atom. The standard InChI is InChI=1S/C2H6O2.Na.Zn/c3-1-2-4;;/h3-4H,1-2H2;;. The van der Waals surface area contributed by atoms with Crippen LogP contribution in [-0.2, 0) is 19.5 Å². The van der Waals surface area contributed by atoms with E-state index in [0.717, 1.165) is 0 Å². The average molecular weight is 150 g/mol. The molecular weight excluding hydrogens is 144 g/mol. The Morgan fingerprint density at radius 1 is 1.00 bits per heavy atom. The van der Waals surface area contributed by atoms with Gasteiger partial charge < -0.3 is 10.2 Å². The fourth-order valence-electron chi connectivity index (χ4n) is 0. The molecule has 0 aromatic heterocycles. The van der Waals surface area contributed by atoms with Gasteiger partial charge in [-0.1, -0.05) is 0 Å². The molecule has 0 aliphatic rings. The normalized spacial score (nSPS) is 5.00. The van der Waals surface area contributed by atoms with E-state index in [2.05, 4.69) is 0 Å². The third-order valence-electron chi connectivity index (χ3n) is 0.1000. The smallest absolute Gasteiger partial charge is 0.0662 e. The molecule has 0 spiro atoms. The Kier molecular flexibility index (Phi) is 41.8. The Bertz CT molecular complexity index is 13.5. The van der Waals surface area contributed by atoms with Crippen molar-refractivity contribution in [1.82, 2.24) is 0 Å². The number of aliphatic hydroxyl groups excluding tert-OH is 2. The molecule has 0 bridgehead atoms. The number of hydrogen-bond donors (Lipinski definition) is 2. The van der Waals surface area contributed by atoms with Gasteiger partial charge in [0.15, 0.2) is 0 Å². The molecule has 4 heteroatoms. The molecule has 0 atom stereocenters. The van der Waals surface area contributed by atoms with E-state index >= 15 is 0 Å². The van der Waals surface area contributed by atoms with Crippen molar-refractivity contribution in [2.45, 2.75) is 0 Å². The molecule has 0 aliphatic heterocycles. The molecule has 0 rings (SSSR count). The number of rotatable bonds is 1. The second-order valence-electron chi connectivity index (χ2n) is 0.447. The predicted molar refractivity (Wildman–Crippen MR) is 19.9 cm³/mol. The summed E-state index contributed by atoms with van der Waals surface area (Å²) in [6.07, 6.45) is 0. The van der Waals surface area contributed by atoms with Crippen molar-refractivity contribution < 1.29 is 29.7 Å². The average Bonchev–Trinajstić information content (AvgIpc) is 1.37. The molecule has 0 saturated heterocycles. The topological polar surface area (TPSA) is 40.5 Å². The zero-order valence-corrected chi connectivity index (χ0v) is 8.98. The van der Waals surface area contributed by atoms with Crippen molar-refractivity contribution in [2.75, 3.05) is 13.2 Å². The van der Waals surface area contributed by atoms with E-state index in [4.69, 9.17) is 10.2 Å². The minimum atomic E-state index is -0.125. The summed E-state index contributed by atoms with van der Waals surface area (Å²) in [5.74, 6) is 0. The summed E-state index contributed by atoms with van der Waals surface area (Å²) in [4.78, 5) is 0. The summed E-state index contributed by atoms with van der Waals surface area (Å²) in [7, 11) is 0. The van der Waals surface area contributed by atoms with Crippen LogP contribution in [0.1, 0.15) is 0 Å². The van der Waals surface area contributed by atoms with Crippen molar-refractivity contribution in [3.63, 3.8) is 0 Å². The molecule has 6 heavy (non-hydrogen) atoms. The minimum Gasteiger partial charge on any atom is -0.394 e. The van der Waals surface area contributed by atoms with Gasteiger partial charge in [-0.3, -0.25) is 0 Å². The third kappa shape index (κ3) is 17.7. The van der Waals surface area contributed by atoms with Gasteiger partial charge in [0.1, 0.15) is 0 Å². The third-order valence-corrected chi connectivity index (χ3v) is 0.1000. The quantitative estimate of drug-likeness (QED) is 0.451. The van der Waals surface area contributed by atoms with Crippen LogP contribution in [-0.4, -0.2) is 53.0 Å². The number of aliphatic hydroxyl groups is 2. The maximum atomic E-state index is 7.62. The van der Waals surface area contributed by atoms with Crippen molar-refractivity contribution in [3.8, 4) is 0 Å². The van der Waals surface area contributed by atoms with Crippen molar-refractivity contribution in [2.24, 2.45) is 0 Å². The van der Waals surface area contributed by atoms with Gasteiger partial charge in [0.05, 0.1) is 13.2 Å². The molecular formula is C2H6NaO2Zn. The summed E-state index contributed by atoms with van der Waals surface area (Å²) in [6, 6.07) is 0. The first kappa shape index (κ1) is 15.6. The minimum absolute atomic E-state index is 0. The first-order valence-electron chi connectivity index (χ1n) is 1.13. The van der Waals surface area contributed by atoms with E-state index in [1.54, 1.807) is 0 Å². The first-order chi connectivity index (χ1) is 1.91. The summed E-state index contributed by atoms with van der Waals surface area (Å²) in [5, 5.41) is 15.2. The summed E-state index contributed by atoms with van der Waals surface area (Å²) in [6.45, 7) is -0.250. The zero-order valence-electron chi connectivity index (χ0n) is 4.02. The molecule has 29 valence electrons. The second kappa shape index (κ2) is 16.0. The van der Waals surface area contributed by atoms with Crippen LogP contribution < -0.4 is 0 Å². The van der Waals surface area contributed by atoms with Crippen LogP contribution in [0.15, 0.2) is 0 Å². The molecule has 0 fully saturated rings. The van der Waals surface area contributed by atoms with Gasteiger partial charge in [-0.15, -0.1) is 0 Å². The van der Waals surface area contributed by atoms with Gasteiger partial charge in [-0.2, -0.15) is 0 Å². The van der Waals surface area contributed by atoms with Crippen LogP contribution in [0.3, 0.4) is 0 Å². The first-order valence-corrected chi connectivity index (χ1v) is 1.13. The maximum absolute atomic E-state index is 7.62. The van der Waals surface area contributed by atoms with Crippen LogP contribution in [0.2, 0.25) is 0 Å². The van der Waals surface area contributed by atoms with E-state index < -0.39 is 0 Å². The molecule has 0 aromatic carbocycles. The van der Waals surface area contributed by atoms with Crippen LogP contribution >= 0.6 is 0 Å². The Labute approximate surface area is 72.0 Å². The van der Waals surface area contributed by atoms with E-state index in [1.165, 1.54) is 0 Å². The molecule has 0 heterocycles. The van der Waals surface area contributed by atoms with Crippen LogP contribution in [0.25, 0.3) is 0 Å². The summed E-state index contributed by atoms with van der Waals surface area (Å²) < 4.78 is 0. The molecule has 2 N–H and O–H groups in total. The predicted octanol–water partition coefficient (Wildman–Crippen LogP) is -1.41. The largest absolute Gasteiger partial charge is 0.394 e. The van der Waals surface area contributed by atoms with E-state index in [-0.39, 0.29) is 62.2 Å². The molecule has 0 unspecified atom stereocenters. The van der Waals surface area contributed by atoms with Gasteiger partial charge in [-0.05, 0) is 0 Å². The van der Waals surface area contributed by atoms with Gasteiger partial charge >= 0.3 is 0 Å². The van der Waals surface area contributed by atoms with Gasteiger partial charge in [0.25, 0.3) is 0 Å². The molecule has 0 amide bonds. The van der Waals surface area contributed by atoms with Crippen molar-refractivity contribution in [3.05, 3.63) is 0 Å². The van der Waals surface area contributed by atoms with Gasteiger partial charge in [0, 0.05) is 49.0 Å². The molecule has 0 saturated carbocycles. The fraction of sp³-hybridized carbons (Fsp3) is 1.00. The SMILES string of the molecule is OCCO.[Na].[Zn]. The number of hydrogen-bond acceptors (Lipinski definition) is 2. The molecule has 1 radical (unpaired) electrons. The van der Waals surface area contributed by atoms with Crippen LogP contribution in [0.5, 0.6) is 0 Å². The van der Waals surface area contributed by atoms with E-state index in [0.29, 0.717) is 0 Å². The molecule has 0 aliphatic carbocycles. The van der Waals surface area contributed by atoms with E-state index in [9.17, 15) is 0 Å². The van der Waals surface area contributed by atoms with Crippen molar-refractivity contribution >= 4 is 29.6 Å². The van der Waals surface area contributed by atoms with E-state index in [1.807, 2.05) is 0 Å². The van der Waals surface area contributed by atoms with Gasteiger partial charge in [0.2, 0.25) is 0 Å². The Balaban J connectivity index is -0.0000000450. The van der Waals surface area contributed by atoms with Crippen molar-refractivity contribution in [1.29, 1.82) is 0 Å². The summed E-state index contributed by atoms with van der Waals surface area (Å²) >= 11 is 0. The fourth-order valence-corrected chi connectivity index (χ4v) is 0. The summed E-state index contributed by atoms with van der Waals surface area (Å²) in [5.41, 5.74) is 0. The van der Waals surface area contributed by atoms with Gasteiger partial charge in [-0.25, -0.2) is 0 Å². The Morgan fingerprint density at radius 2 is 1.17 bits per heavy atom. The molecule has 2 nitrogen and oxygen atoms in total. The Hall–Kier alpha value is 1.54.